The number of carbonyl (C=O) groups excluding carboxylic acids is 2. The summed E-state index contributed by atoms with van der Waals surface area (Å²) in [6.07, 6.45) is 4.66. The van der Waals surface area contributed by atoms with Gasteiger partial charge in [-0.2, -0.15) is 0 Å². The second-order valence-corrected chi connectivity index (χ2v) is 6.06. The van der Waals surface area contributed by atoms with Crippen molar-refractivity contribution < 1.29 is 9.59 Å². The molecule has 1 saturated carbocycles. The van der Waals surface area contributed by atoms with Gasteiger partial charge in [-0.25, -0.2) is 4.79 Å². The molecule has 120 valence electrons. The largest absolute Gasteiger partial charge is 0.359 e. The van der Waals surface area contributed by atoms with Gasteiger partial charge in [-0.15, -0.1) is 0 Å². The van der Waals surface area contributed by atoms with Crippen LogP contribution < -0.4 is 16.0 Å². The summed E-state index contributed by atoms with van der Waals surface area (Å²) in [5.41, 5.74) is 1.50. The van der Waals surface area contributed by atoms with E-state index in [4.69, 9.17) is 0 Å². The highest BCUT2D eigenvalue weighted by molar-refractivity contribution is 5.91. The predicted octanol–water partition coefficient (Wildman–Crippen LogP) is 2.68. The zero-order valence-corrected chi connectivity index (χ0v) is 13.3. The molecule has 1 aromatic carbocycles. The number of amides is 3. The Bertz CT molecular complexity index is 522. The highest BCUT2D eigenvalue weighted by Gasteiger charge is 2.20. The molecular formula is C17H25N3O2. The normalized spacial score (nSPS) is 21.0. The maximum absolute atomic E-state index is 12.1. The fourth-order valence-electron chi connectivity index (χ4n) is 2.81. The molecule has 0 bridgehead atoms. The molecule has 0 radical (unpaired) electrons. The first-order valence-corrected chi connectivity index (χ1v) is 7.94. The third kappa shape index (κ3) is 4.76. The second-order valence-electron chi connectivity index (χ2n) is 6.06. The van der Waals surface area contributed by atoms with Gasteiger partial charge in [0.1, 0.15) is 0 Å². The summed E-state index contributed by atoms with van der Waals surface area (Å²) < 4.78 is 0. The summed E-state index contributed by atoms with van der Waals surface area (Å²) in [6, 6.07) is 7.45. The Balaban J connectivity index is 1.92. The minimum atomic E-state index is -0.191. The summed E-state index contributed by atoms with van der Waals surface area (Å²) in [7, 11) is 1.61. The molecule has 1 fully saturated rings. The molecular weight excluding hydrogens is 278 g/mol. The summed E-state index contributed by atoms with van der Waals surface area (Å²) >= 11 is 0. The van der Waals surface area contributed by atoms with Crippen LogP contribution in [0.25, 0.3) is 0 Å². The van der Waals surface area contributed by atoms with E-state index in [1.165, 1.54) is 0 Å². The van der Waals surface area contributed by atoms with Crippen molar-refractivity contribution in [2.24, 2.45) is 5.92 Å². The van der Waals surface area contributed by atoms with Gasteiger partial charge in [0.25, 0.3) is 0 Å². The fourth-order valence-corrected chi connectivity index (χ4v) is 2.81. The first-order valence-electron chi connectivity index (χ1n) is 7.94. The average Bonchev–Trinajstić information content (AvgIpc) is 2.51. The van der Waals surface area contributed by atoms with E-state index in [0.717, 1.165) is 37.2 Å². The van der Waals surface area contributed by atoms with E-state index in [9.17, 15) is 9.59 Å². The Kier molecular flexibility index (Phi) is 5.81. The molecule has 5 nitrogen and oxygen atoms in total. The minimum absolute atomic E-state index is 0.0732. The molecule has 22 heavy (non-hydrogen) atoms. The first-order chi connectivity index (χ1) is 10.6. The van der Waals surface area contributed by atoms with Gasteiger partial charge in [-0.1, -0.05) is 25.1 Å². The molecule has 0 heterocycles. The van der Waals surface area contributed by atoms with Gasteiger partial charge in [-0.3, -0.25) is 4.79 Å². The number of likely N-dealkylation sites (N-methyl/N-ethyl adjacent to an activating group) is 1. The second kappa shape index (κ2) is 7.82. The Morgan fingerprint density at radius 2 is 1.82 bits per heavy atom. The van der Waals surface area contributed by atoms with Crippen LogP contribution >= 0.6 is 0 Å². The van der Waals surface area contributed by atoms with E-state index >= 15 is 0 Å². The summed E-state index contributed by atoms with van der Waals surface area (Å²) in [4.78, 5) is 23.7. The zero-order valence-electron chi connectivity index (χ0n) is 13.3. The highest BCUT2D eigenvalue weighted by Crippen LogP contribution is 2.23. The first kappa shape index (κ1) is 16.3. The Morgan fingerprint density at radius 3 is 2.50 bits per heavy atom. The molecule has 3 amide bonds. The van der Waals surface area contributed by atoms with Crippen LogP contribution in [0.1, 0.15) is 38.2 Å². The minimum Gasteiger partial charge on any atom is -0.359 e. The maximum Gasteiger partial charge on any atom is 0.319 e. The van der Waals surface area contributed by atoms with Gasteiger partial charge in [0.2, 0.25) is 5.91 Å². The number of hydrogen-bond acceptors (Lipinski definition) is 2. The number of anilines is 1. The van der Waals surface area contributed by atoms with Crippen molar-refractivity contribution in [1.29, 1.82) is 0 Å². The molecule has 5 heteroatoms. The van der Waals surface area contributed by atoms with Crippen LogP contribution in [-0.2, 0) is 11.2 Å². The molecule has 0 saturated heterocycles. The van der Waals surface area contributed by atoms with Crippen molar-refractivity contribution in [2.75, 3.05) is 12.4 Å². The molecule has 2 rings (SSSR count). The van der Waals surface area contributed by atoms with Crippen LogP contribution in [0.4, 0.5) is 10.5 Å². The SMILES string of the molecule is CNC(=O)Cc1ccccc1NC(=O)NC1CCC(C)CC1. The van der Waals surface area contributed by atoms with Gasteiger partial charge in [0.15, 0.2) is 0 Å². The molecule has 3 N–H and O–H groups in total. The van der Waals surface area contributed by atoms with Crippen LogP contribution in [0.15, 0.2) is 24.3 Å². The van der Waals surface area contributed by atoms with Crippen LogP contribution in [0.5, 0.6) is 0 Å². The number of carbonyl (C=O) groups is 2. The molecule has 1 aliphatic carbocycles. The van der Waals surface area contributed by atoms with Crippen molar-refractivity contribution in [1.82, 2.24) is 10.6 Å². The van der Waals surface area contributed by atoms with E-state index in [2.05, 4.69) is 22.9 Å². The molecule has 0 aromatic heterocycles. The Labute approximate surface area is 131 Å². The topological polar surface area (TPSA) is 70.2 Å². The standard InChI is InChI=1S/C17H25N3O2/c1-12-7-9-14(10-8-12)19-17(22)20-15-6-4-3-5-13(15)11-16(21)18-2/h3-6,12,14H,7-11H2,1-2H3,(H,18,21)(H2,19,20,22). The van der Waals surface area contributed by atoms with Gasteiger partial charge >= 0.3 is 6.03 Å². The van der Waals surface area contributed by atoms with Crippen molar-refractivity contribution in [2.45, 2.75) is 45.1 Å². The lowest BCUT2D eigenvalue weighted by molar-refractivity contribution is -0.119. The lowest BCUT2D eigenvalue weighted by Gasteiger charge is -2.27. The molecule has 0 aliphatic heterocycles. The molecule has 1 aliphatic rings. The zero-order chi connectivity index (χ0) is 15.9. The Hall–Kier alpha value is -2.04. The highest BCUT2D eigenvalue weighted by atomic mass is 16.2. The van der Waals surface area contributed by atoms with E-state index in [-0.39, 0.29) is 24.4 Å². The Morgan fingerprint density at radius 1 is 1.14 bits per heavy atom. The third-order valence-electron chi connectivity index (χ3n) is 4.25. The molecule has 1 aromatic rings. The lowest BCUT2D eigenvalue weighted by atomic mass is 9.87. The monoisotopic (exact) mass is 303 g/mol. The third-order valence-corrected chi connectivity index (χ3v) is 4.25. The van der Waals surface area contributed by atoms with Crippen molar-refractivity contribution in [3.63, 3.8) is 0 Å². The summed E-state index contributed by atoms with van der Waals surface area (Å²) in [5.74, 6) is 0.685. The smallest absolute Gasteiger partial charge is 0.319 e. The van der Waals surface area contributed by atoms with Gasteiger partial charge < -0.3 is 16.0 Å². The number of para-hydroxylation sites is 1. The van der Waals surface area contributed by atoms with E-state index in [0.29, 0.717) is 5.69 Å². The number of urea groups is 1. The number of hydrogen-bond donors (Lipinski definition) is 3. The van der Waals surface area contributed by atoms with Crippen molar-refractivity contribution in [3.8, 4) is 0 Å². The number of nitrogens with one attached hydrogen (secondary N) is 3. The fraction of sp³-hybridized carbons (Fsp3) is 0.529. The van der Waals surface area contributed by atoms with Gasteiger partial charge in [-0.05, 0) is 43.2 Å². The predicted molar refractivity (Wildman–Crippen MR) is 87.8 cm³/mol. The van der Waals surface area contributed by atoms with Crippen molar-refractivity contribution >= 4 is 17.6 Å². The number of rotatable bonds is 4. The summed E-state index contributed by atoms with van der Waals surface area (Å²) in [5, 5.41) is 8.50. The summed E-state index contributed by atoms with van der Waals surface area (Å²) in [6.45, 7) is 2.26. The molecule has 0 atom stereocenters. The van der Waals surface area contributed by atoms with Crippen LogP contribution in [0, 0.1) is 5.92 Å². The van der Waals surface area contributed by atoms with Crippen LogP contribution in [0.3, 0.4) is 0 Å². The quantitative estimate of drug-likeness (QED) is 0.800. The van der Waals surface area contributed by atoms with E-state index in [1.54, 1.807) is 7.05 Å². The lowest BCUT2D eigenvalue weighted by Crippen LogP contribution is -2.40. The van der Waals surface area contributed by atoms with E-state index < -0.39 is 0 Å². The van der Waals surface area contributed by atoms with Gasteiger partial charge in [0, 0.05) is 18.8 Å². The maximum atomic E-state index is 12.1. The van der Waals surface area contributed by atoms with Crippen LogP contribution in [0.2, 0.25) is 0 Å². The molecule has 0 spiro atoms. The van der Waals surface area contributed by atoms with Crippen molar-refractivity contribution in [3.05, 3.63) is 29.8 Å². The van der Waals surface area contributed by atoms with Crippen LogP contribution in [-0.4, -0.2) is 25.0 Å². The van der Waals surface area contributed by atoms with E-state index in [1.807, 2.05) is 24.3 Å². The molecule has 0 unspecified atom stereocenters. The average molecular weight is 303 g/mol. The number of benzene rings is 1. The van der Waals surface area contributed by atoms with Gasteiger partial charge in [0.05, 0.1) is 6.42 Å².